The van der Waals surface area contributed by atoms with Crippen LogP contribution >= 0.6 is 0 Å². The second kappa shape index (κ2) is 4.65. The number of hydrogen-bond donors (Lipinski definition) is 0. The van der Waals surface area contributed by atoms with Gasteiger partial charge in [0.15, 0.2) is 0 Å². The van der Waals surface area contributed by atoms with Gasteiger partial charge in [-0.25, -0.2) is 0 Å². The number of aliphatic imine (C=N–C) groups is 1. The van der Waals surface area contributed by atoms with Gasteiger partial charge < -0.3 is 9.73 Å². The molecule has 0 amide bonds. The fourth-order valence-corrected chi connectivity index (χ4v) is 1.22. The summed E-state index contributed by atoms with van der Waals surface area (Å²) in [5.74, 6) is 1.26. The van der Waals surface area contributed by atoms with Crippen LogP contribution in [0.2, 0.25) is 0 Å². The van der Waals surface area contributed by atoms with Crippen LogP contribution in [0.3, 0.4) is 0 Å². The average molecular weight is 177 g/mol. The third-order valence-corrected chi connectivity index (χ3v) is 2.01. The molecule has 1 rings (SSSR count). The van der Waals surface area contributed by atoms with E-state index in [-0.39, 0.29) is 0 Å². The minimum atomic E-state index is 0.371. The number of nitrogens with zero attached hydrogens (tertiary/aromatic N) is 1. The predicted octanol–water partition coefficient (Wildman–Crippen LogP) is 2.50. The molecule has 0 aliphatic carbocycles. The normalized spacial score (nSPS) is 13.2. The Labute approximate surface area is 79.3 Å². The highest BCUT2D eigenvalue weighted by atomic mass is 16.5. The molecule has 2 heteroatoms. The molecule has 0 aliphatic heterocycles. The average Bonchev–Trinajstić information content (AvgIpc) is 2.18. The molecular weight excluding hydrogens is 162 g/mol. The molecule has 0 bridgehead atoms. The maximum Gasteiger partial charge on any atom is 0.118 e. The molecule has 0 heterocycles. The van der Waals surface area contributed by atoms with Crippen LogP contribution in [0.5, 0.6) is 5.75 Å². The monoisotopic (exact) mass is 177 g/mol. The minimum absolute atomic E-state index is 0.371. The number of ether oxygens (including phenoxy) is 1. The Morgan fingerprint density at radius 1 is 1.31 bits per heavy atom. The second-order valence-corrected chi connectivity index (χ2v) is 2.97. The summed E-state index contributed by atoms with van der Waals surface area (Å²) in [5.41, 5.74) is 1.26. The van der Waals surface area contributed by atoms with Crippen LogP contribution in [-0.2, 0) is 0 Å². The maximum atomic E-state index is 5.08. The minimum Gasteiger partial charge on any atom is -0.497 e. The van der Waals surface area contributed by atoms with Crippen LogP contribution in [0.1, 0.15) is 18.4 Å². The van der Waals surface area contributed by atoms with Gasteiger partial charge in [0.2, 0.25) is 0 Å². The third-order valence-electron chi connectivity index (χ3n) is 2.01. The van der Waals surface area contributed by atoms with Crippen molar-refractivity contribution >= 4 is 6.21 Å². The Hall–Kier alpha value is -1.31. The summed E-state index contributed by atoms with van der Waals surface area (Å²) >= 11 is 0. The van der Waals surface area contributed by atoms with Crippen molar-refractivity contribution in [3.8, 4) is 5.75 Å². The first-order valence-corrected chi connectivity index (χ1v) is 4.34. The van der Waals surface area contributed by atoms with Crippen molar-refractivity contribution in [2.24, 2.45) is 4.99 Å². The van der Waals surface area contributed by atoms with Crippen molar-refractivity contribution in [3.63, 3.8) is 0 Å². The molecule has 0 N–H and O–H groups in total. The number of methoxy groups -OCH3 is 1. The van der Waals surface area contributed by atoms with E-state index in [9.17, 15) is 0 Å². The number of hydrogen-bond acceptors (Lipinski definition) is 2. The van der Waals surface area contributed by atoms with E-state index >= 15 is 0 Å². The van der Waals surface area contributed by atoms with Gasteiger partial charge in [0.05, 0.1) is 7.11 Å². The smallest absolute Gasteiger partial charge is 0.118 e. The lowest BCUT2D eigenvalue weighted by Crippen LogP contribution is -1.94. The van der Waals surface area contributed by atoms with Gasteiger partial charge in [-0.3, -0.25) is 0 Å². The Bertz CT molecular complexity index is 277. The van der Waals surface area contributed by atoms with E-state index in [4.69, 9.17) is 4.74 Å². The van der Waals surface area contributed by atoms with Crippen molar-refractivity contribution in [1.82, 2.24) is 0 Å². The Morgan fingerprint density at radius 2 is 1.92 bits per heavy atom. The fourth-order valence-electron chi connectivity index (χ4n) is 1.22. The van der Waals surface area contributed by atoms with Gasteiger partial charge in [0, 0.05) is 19.2 Å². The number of rotatable bonds is 3. The molecule has 0 aliphatic rings. The molecule has 1 atom stereocenters. The zero-order valence-electron chi connectivity index (χ0n) is 8.32. The summed E-state index contributed by atoms with van der Waals surface area (Å²) in [6.45, 7) is 2.12. The van der Waals surface area contributed by atoms with Gasteiger partial charge in [0.25, 0.3) is 0 Å². The van der Waals surface area contributed by atoms with Crippen molar-refractivity contribution < 1.29 is 4.74 Å². The molecule has 70 valence electrons. The van der Waals surface area contributed by atoms with Crippen molar-refractivity contribution in [1.29, 1.82) is 0 Å². The molecule has 0 fully saturated rings. The molecule has 0 spiro atoms. The highest BCUT2D eigenvalue weighted by Gasteiger charge is 2.01. The molecule has 0 radical (unpaired) electrons. The topological polar surface area (TPSA) is 21.6 Å². The summed E-state index contributed by atoms with van der Waals surface area (Å²) in [7, 11) is 3.46. The van der Waals surface area contributed by atoms with E-state index in [0.29, 0.717) is 5.92 Å². The lowest BCUT2D eigenvalue weighted by atomic mass is 10.0. The van der Waals surface area contributed by atoms with E-state index in [2.05, 4.69) is 24.0 Å². The lowest BCUT2D eigenvalue weighted by Gasteiger charge is -2.06. The van der Waals surface area contributed by atoms with E-state index in [0.717, 1.165) is 5.75 Å². The molecule has 1 aromatic rings. The first kappa shape index (κ1) is 9.78. The fraction of sp³-hybridized carbons (Fsp3) is 0.364. The summed E-state index contributed by atoms with van der Waals surface area (Å²) < 4.78 is 5.08. The van der Waals surface area contributed by atoms with Gasteiger partial charge >= 0.3 is 0 Å². The Morgan fingerprint density at radius 3 is 2.38 bits per heavy atom. The van der Waals surface area contributed by atoms with E-state index < -0.39 is 0 Å². The van der Waals surface area contributed by atoms with Crippen LogP contribution in [0.4, 0.5) is 0 Å². The van der Waals surface area contributed by atoms with E-state index in [1.807, 2.05) is 18.3 Å². The molecule has 1 aromatic carbocycles. The number of benzene rings is 1. The standard InChI is InChI=1S/C11H15NO/c1-9(8-12-2)10-4-6-11(13-3)7-5-10/h4-9H,1-3H3. The van der Waals surface area contributed by atoms with E-state index in [1.54, 1.807) is 14.2 Å². The summed E-state index contributed by atoms with van der Waals surface area (Å²) in [6, 6.07) is 8.06. The van der Waals surface area contributed by atoms with Crippen molar-refractivity contribution in [3.05, 3.63) is 29.8 Å². The zero-order valence-corrected chi connectivity index (χ0v) is 8.32. The quantitative estimate of drug-likeness (QED) is 0.650. The van der Waals surface area contributed by atoms with Crippen LogP contribution in [-0.4, -0.2) is 20.4 Å². The zero-order chi connectivity index (χ0) is 9.68. The van der Waals surface area contributed by atoms with Gasteiger partial charge in [-0.1, -0.05) is 19.1 Å². The summed E-state index contributed by atoms with van der Waals surface area (Å²) in [6.07, 6.45) is 1.93. The van der Waals surface area contributed by atoms with Crippen LogP contribution in [0, 0.1) is 0 Å². The Balaban J connectivity index is 2.79. The first-order chi connectivity index (χ1) is 6.27. The van der Waals surface area contributed by atoms with Crippen molar-refractivity contribution in [2.75, 3.05) is 14.2 Å². The van der Waals surface area contributed by atoms with Gasteiger partial charge in [-0.05, 0) is 17.7 Å². The molecule has 0 saturated carbocycles. The van der Waals surface area contributed by atoms with Crippen molar-refractivity contribution in [2.45, 2.75) is 12.8 Å². The van der Waals surface area contributed by atoms with Crippen LogP contribution in [0.15, 0.2) is 29.3 Å². The van der Waals surface area contributed by atoms with Crippen LogP contribution in [0.25, 0.3) is 0 Å². The molecule has 2 nitrogen and oxygen atoms in total. The molecule has 13 heavy (non-hydrogen) atoms. The largest absolute Gasteiger partial charge is 0.497 e. The summed E-state index contributed by atoms with van der Waals surface area (Å²) in [5, 5.41) is 0. The molecular formula is C11H15NO. The second-order valence-electron chi connectivity index (χ2n) is 2.97. The van der Waals surface area contributed by atoms with Gasteiger partial charge in [0.1, 0.15) is 5.75 Å². The molecule has 0 aromatic heterocycles. The molecule has 1 unspecified atom stereocenters. The third kappa shape index (κ3) is 2.58. The van der Waals surface area contributed by atoms with Crippen LogP contribution < -0.4 is 4.74 Å². The highest BCUT2D eigenvalue weighted by Crippen LogP contribution is 2.17. The highest BCUT2D eigenvalue weighted by molar-refractivity contribution is 5.67. The van der Waals surface area contributed by atoms with Gasteiger partial charge in [-0.2, -0.15) is 0 Å². The SMILES string of the molecule is CN=CC(C)c1ccc(OC)cc1. The first-order valence-electron chi connectivity index (χ1n) is 4.34. The predicted molar refractivity (Wildman–Crippen MR) is 55.8 cm³/mol. The van der Waals surface area contributed by atoms with Gasteiger partial charge in [-0.15, -0.1) is 0 Å². The Kier molecular flexibility index (Phi) is 3.50. The maximum absolute atomic E-state index is 5.08. The lowest BCUT2D eigenvalue weighted by molar-refractivity contribution is 0.414. The summed E-state index contributed by atoms with van der Waals surface area (Å²) in [4.78, 5) is 4.00. The van der Waals surface area contributed by atoms with E-state index in [1.165, 1.54) is 5.56 Å². The molecule has 0 saturated heterocycles.